The minimum Gasteiger partial charge on any atom is -0.489 e. The Balaban J connectivity index is 1.59. The average Bonchev–Trinajstić information content (AvgIpc) is 3.44. The molecule has 0 N–H and O–H groups in total. The largest absolute Gasteiger partial charge is 0.489 e. The lowest BCUT2D eigenvalue weighted by molar-refractivity contribution is -0.132. The zero-order valence-electron chi connectivity index (χ0n) is 19.7. The van der Waals surface area contributed by atoms with Gasteiger partial charge in [-0.05, 0) is 42.7 Å². The summed E-state index contributed by atoms with van der Waals surface area (Å²) in [4.78, 5) is 21.4. The van der Waals surface area contributed by atoms with Gasteiger partial charge in [0.1, 0.15) is 25.8 Å². The molecule has 0 unspecified atom stereocenters. The van der Waals surface area contributed by atoms with Crippen LogP contribution in [0.1, 0.15) is 30.0 Å². The lowest BCUT2D eigenvalue weighted by atomic mass is 10.0. The Labute approximate surface area is 197 Å². The Morgan fingerprint density at radius 2 is 1.97 bits per heavy atom. The van der Waals surface area contributed by atoms with Crippen molar-refractivity contribution in [3.8, 4) is 17.0 Å². The average molecular weight is 462 g/mol. The van der Waals surface area contributed by atoms with E-state index in [0.29, 0.717) is 5.56 Å². The monoisotopic (exact) mass is 461 g/mol. The molecule has 0 radical (unpaired) electrons. The number of ether oxygens (including phenoxy) is 2. The van der Waals surface area contributed by atoms with Gasteiger partial charge in [-0.25, -0.2) is 9.31 Å². The van der Waals surface area contributed by atoms with Crippen molar-refractivity contribution in [3.63, 3.8) is 0 Å². The maximum Gasteiger partial charge on any atom is 0.360 e. The predicted molar refractivity (Wildman–Crippen MR) is 128 cm³/mol. The molecule has 0 amide bonds. The molecule has 0 bridgehead atoms. The molecule has 0 spiro atoms. The number of hydrogen-bond acceptors (Lipinski definition) is 7. The minimum absolute atomic E-state index is 0.0894. The molecule has 0 aliphatic rings. The van der Waals surface area contributed by atoms with E-state index in [9.17, 15) is 4.79 Å². The van der Waals surface area contributed by atoms with Gasteiger partial charge in [-0.2, -0.15) is 10.1 Å². The number of aryl methyl sites for hydroxylation is 2. The zero-order valence-corrected chi connectivity index (χ0v) is 19.7. The third kappa shape index (κ3) is 4.50. The van der Waals surface area contributed by atoms with Gasteiger partial charge in [-0.1, -0.05) is 36.3 Å². The van der Waals surface area contributed by atoms with Crippen LogP contribution in [-0.2, 0) is 27.5 Å². The van der Waals surface area contributed by atoms with E-state index in [1.165, 1.54) is 14.2 Å². The molecular weight excluding hydrogens is 434 g/mol. The van der Waals surface area contributed by atoms with Crippen molar-refractivity contribution in [3.05, 3.63) is 71.7 Å². The standard InChI is InChI=1S/C25H27N5O4/c1-5-12-29-21(14-30-25(29)26-16-27-30)18-10-11-22(17(2)13-18)34-15-19-8-6-7-9-20(19)23(28-33-4)24(31)32-3/h6-11,13-14,16H,5,12,15H2,1-4H3/b28-23-. The summed E-state index contributed by atoms with van der Waals surface area (Å²) in [7, 11) is 2.69. The number of hydrogen-bond donors (Lipinski definition) is 0. The van der Waals surface area contributed by atoms with Crippen LogP contribution in [0, 0.1) is 6.92 Å². The lowest BCUT2D eigenvalue weighted by Crippen LogP contribution is -2.19. The lowest BCUT2D eigenvalue weighted by Gasteiger charge is -2.14. The van der Waals surface area contributed by atoms with Crippen LogP contribution in [0.5, 0.6) is 5.75 Å². The van der Waals surface area contributed by atoms with Crippen molar-refractivity contribution < 1.29 is 19.1 Å². The molecule has 9 nitrogen and oxygen atoms in total. The van der Waals surface area contributed by atoms with E-state index in [1.54, 1.807) is 16.9 Å². The number of oxime groups is 1. The second-order valence-electron chi connectivity index (χ2n) is 7.71. The molecule has 0 saturated carbocycles. The molecule has 2 heterocycles. The fourth-order valence-electron chi connectivity index (χ4n) is 3.88. The maximum atomic E-state index is 12.2. The number of methoxy groups -OCH3 is 1. The second-order valence-corrected chi connectivity index (χ2v) is 7.71. The van der Waals surface area contributed by atoms with E-state index in [1.807, 2.05) is 43.5 Å². The number of carbonyl (C=O) groups is 1. The fraction of sp³-hybridized carbons (Fsp3) is 0.280. The van der Waals surface area contributed by atoms with E-state index in [2.05, 4.69) is 32.8 Å². The van der Waals surface area contributed by atoms with Gasteiger partial charge in [-0.15, -0.1) is 0 Å². The molecule has 0 fully saturated rings. The molecule has 4 aromatic rings. The number of benzene rings is 2. The molecule has 0 atom stereocenters. The highest BCUT2D eigenvalue weighted by molar-refractivity contribution is 6.43. The maximum absolute atomic E-state index is 12.2. The van der Waals surface area contributed by atoms with Gasteiger partial charge in [-0.3, -0.25) is 0 Å². The molecule has 4 rings (SSSR count). The molecule has 0 aliphatic heterocycles. The Morgan fingerprint density at radius 1 is 1.15 bits per heavy atom. The number of rotatable bonds is 9. The van der Waals surface area contributed by atoms with Crippen LogP contribution in [0.2, 0.25) is 0 Å². The first-order valence-corrected chi connectivity index (χ1v) is 11.0. The summed E-state index contributed by atoms with van der Waals surface area (Å²) in [6.07, 6.45) is 4.55. The Bertz CT molecular complexity index is 1340. The number of aromatic nitrogens is 4. The first-order chi connectivity index (χ1) is 16.6. The highest BCUT2D eigenvalue weighted by atomic mass is 16.6. The van der Waals surface area contributed by atoms with Crippen molar-refractivity contribution in [2.24, 2.45) is 5.16 Å². The normalized spacial score (nSPS) is 11.6. The highest BCUT2D eigenvalue weighted by Gasteiger charge is 2.19. The summed E-state index contributed by atoms with van der Waals surface area (Å²) in [6, 6.07) is 13.5. The molecule has 2 aromatic carbocycles. The summed E-state index contributed by atoms with van der Waals surface area (Å²) >= 11 is 0. The van der Waals surface area contributed by atoms with Gasteiger partial charge in [0.15, 0.2) is 5.71 Å². The summed E-state index contributed by atoms with van der Waals surface area (Å²) in [5.74, 6) is 0.995. The van der Waals surface area contributed by atoms with Gasteiger partial charge >= 0.3 is 5.97 Å². The van der Waals surface area contributed by atoms with Crippen LogP contribution in [0.15, 0.2) is 60.1 Å². The van der Waals surface area contributed by atoms with Crippen LogP contribution >= 0.6 is 0 Å². The number of esters is 1. The first kappa shape index (κ1) is 23.0. The van der Waals surface area contributed by atoms with Gasteiger partial charge in [0.05, 0.1) is 19.0 Å². The van der Waals surface area contributed by atoms with E-state index < -0.39 is 5.97 Å². The molecule has 2 aromatic heterocycles. The van der Waals surface area contributed by atoms with Crippen molar-refractivity contribution >= 4 is 17.5 Å². The fourth-order valence-corrected chi connectivity index (χ4v) is 3.88. The number of carbonyl (C=O) groups excluding carboxylic acids is 1. The molecule has 176 valence electrons. The molecule has 34 heavy (non-hydrogen) atoms. The molecular formula is C25H27N5O4. The first-order valence-electron chi connectivity index (χ1n) is 11.0. The molecule has 0 saturated heterocycles. The van der Waals surface area contributed by atoms with E-state index in [4.69, 9.17) is 14.3 Å². The summed E-state index contributed by atoms with van der Waals surface area (Å²) < 4.78 is 14.9. The molecule has 9 heteroatoms. The predicted octanol–water partition coefficient (Wildman–Crippen LogP) is 4.02. The Kier molecular flexibility index (Phi) is 6.91. The van der Waals surface area contributed by atoms with Crippen molar-refractivity contribution in [1.82, 2.24) is 19.2 Å². The van der Waals surface area contributed by atoms with Gasteiger partial charge in [0.2, 0.25) is 5.78 Å². The van der Waals surface area contributed by atoms with Gasteiger partial charge in [0, 0.05) is 17.7 Å². The highest BCUT2D eigenvalue weighted by Crippen LogP contribution is 2.29. The number of nitrogens with zero attached hydrogens (tertiary/aromatic N) is 5. The van der Waals surface area contributed by atoms with Crippen LogP contribution in [0.4, 0.5) is 0 Å². The zero-order chi connectivity index (χ0) is 24.1. The van der Waals surface area contributed by atoms with Crippen molar-refractivity contribution in [2.75, 3.05) is 14.2 Å². The third-order valence-electron chi connectivity index (χ3n) is 5.47. The number of fused-ring (bicyclic) bond motifs is 1. The summed E-state index contributed by atoms with van der Waals surface area (Å²) in [5, 5.41) is 8.13. The SMILES string of the molecule is CCCn1c(-c2ccc(OCc3ccccc3/C(=N/OC)C(=O)OC)c(C)c2)cn2ncnc12. The summed E-state index contributed by atoms with van der Waals surface area (Å²) in [6.45, 7) is 5.25. The quantitative estimate of drug-likeness (QED) is 0.212. The molecule has 0 aliphatic carbocycles. The Hall–Kier alpha value is -4.14. The van der Waals surface area contributed by atoms with E-state index >= 15 is 0 Å². The smallest absolute Gasteiger partial charge is 0.360 e. The van der Waals surface area contributed by atoms with E-state index in [0.717, 1.165) is 46.9 Å². The summed E-state index contributed by atoms with van der Waals surface area (Å²) in [5.41, 5.74) is 4.58. The van der Waals surface area contributed by atoms with Gasteiger partial charge in [0.25, 0.3) is 0 Å². The van der Waals surface area contributed by atoms with Crippen LogP contribution in [0.25, 0.3) is 17.0 Å². The second kappa shape index (κ2) is 10.2. The third-order valence-corrected chi connectivity index (χ3v) is 5.47. The Morgan fingerprint density at radius 3 is 2.71 bits per heavy atom. The van der Waals surface area contributed by atoms with Crippen molar-refractivity contribution in [1.29, 1.82) is 0 Å². The van der Waals surface area contributed by atoms with Gasteiger partial charge < -0.3 is 18.9 Å². The topological polar surface area (TPSA) is 92.2 Å². The number of imidazole rings is 1. The van der Waals surface area contributed by atoms with Crippen LogP contribution in [0.3, 0.4) is 0 Å². The van der Waals surface area contributed by atoms with Crippen LogP contribution < -0.4 is 4.74 Å². The van der Waals surface area contributed by atoms with Crippen LogP contribution in [-0.4, -0.2) is 45.1 Å². The van der Waals surface area contributed by atoms with E-state index in [-0.39, 0.29) is 12.3 Å². The van der Waals surface area contributed by atoms with Crippen molar-refractivity contribution in [2.45, 2.75) is 33.4 Å². The minimum atomic E-state index is -0.578.